The predicted molar refractivity (Wildman–Crippen MR) is 52.3 cm³/mol. The SMILES string of the molecule is [N-]=[N+]=NC1=CC(=O)C(Br)=C(N=[N+]=[N-])C1=O. The molecule has 8 nitrogen and oxygen atoms in total. The van der Waals surface area contributed by atoms with Gasteiger partial charge in [0.15, 0.2) is 11.6 Å². The number of nitrogens with zero attached hydrogens (tertiary/aromatic N) is 6. The van der Waals surface area contributed by atoms with E-state index in [2.05, 4.69) is 36.0 Å². The number of rotatable bonds is 2. The Morgan fingerprint density at radius 3 is 2.33 bits per heavy atom. The summed E-state index contributed by atoms with van der Waals surface area (Å²) < 4.78 is -0.151. The van der Waals surface area contributed by atoms with Crippen LogP contribution in [0.2, 0.25) is 0 Å². The lowest BCUT2D eigenvalue weighted by molar-refractivity contribution is -0.115. The first kappa shape index (κ1) is 11.0. The van der Waals surface area contributed by atoms with Gasteiger partial charge in [-0.3, -0.25) is 9.59 Å². The summed E-state index contributed by atoms with van der Waals surface area (Å²) in [7, 11) is 0. The highest BCUT2D eigenvalue weighted by Gasteiger charge is 2.25. The summed E-state index contributed by atoms with van der Waals surface area (Å²) in [6, 6.07) is 0. The normalized spacial score (nSPS) is 15.4. The maximum absolute atomic E-state index is 11.4. The Bertz CT molecular complexity index is 506. The van der Waals surface area contributed by atoms with Gasteiger partial charge in [-0.25, -0.2) is 0 Å². The van der Waals surface area contributed by atoms with E-state index in [1.54, 1.807) is 0 Å². The highest BCUT2D eigenvalue weighted by molar-refractivity contribution is 9.12. The Labute approximate surface area is 90.6 Å². The van der Waals surface area contributed by atoms with E-state index in [4.69, 9.17) is 11.1 Å². The van der Waals surface area contributed by atoms with Crippen molar-refractivity contribution in [3.63, 3.8) is 0 Å². The van der Waals surface area contributed by atoms with Gasteiger partial charge in [0.1, 0.15) is 5.70 Å². The fourth-order valence-electron chi connectivity index (χ4n) is 0.847. The van der Waals surface area contributed by atoms with Gasteiger partial charge in [-0.15, -0.1) is 0 Å². The maximum Gasteiger partial charge on any atom is 0.199 e. The molecule has 0 atom stereocenters. The van der Waals surface area contributed by atoms with Crippen molar-refractivity contribution in [2.24, 2.45) is 10.2 Å². The molecule has 0 N–H and O–H groups in total. The van der Waals surface area contributed by atoms with Crippen molar-refractivity contribution < 1.29 is 9.59 Å². The number of carbonyl (C=O) groups excluding carboxylic acids is 2. The van der Waals surface area contributed by atoms with Gasteiger partial charge in [-0.1, -0.05) is 10.2 Å². The van der Waals surface area contributed by atoms with Crippen LogP contribution in [-0.4, -0.2) is 11.6 Å². The van der Waals surface area contributed by atoms with E-state index >= 15 is 0 Å². The number of hydrogen-bond acceptors (Lipinski definition) is 4. The Hall–Kier alpha value is -2.08. The second kappa shape index (κ2) is 4.43. The second-order valence-corrected chi connectivity index (χ2v) is 3.06. The fraction of sp³-hybridized carbons (Fsp3) is 0. The van der Waals surface area contributed by atoms with Crippen LogP contribution < -0.4 is 0 Å². The molecule has 0 spiro atoms. The highest BCUT2D eigenvalue weighted by Crippen LogP contribution is 2.25. The first-order valence-corrected chi connectivity index (χ1v) is 4.21. The summed E-state index contributed by atoms with van der Waals surface area (Å²) in [4.78, 5) is 27.4. The summed E-state index contributed by atoms with van der Waals surface area (Å²) in [5.41, 5.74) is 15.5. The molecule has 1 rings (SSSR count). The summed E-state index contributed by atoms with van der Waals surface area (Å²) in [5.74, 6) is -1.39. The van der Waals surface area contributed by atoms with Crippen molar-refractivity contribution in [1.82, 2.24) is 0 Å². The van der Waals surface area contributed by atoms with E-state index in [0.29, 0.717) is 0 Å². The van der Waals surface area contributed by atoms with Crippen LogP contribution in [0.4, 0.5) is 0 Å². The largest absolute Gasteiger partial charge is 0.289 e. The second-order valence-electron chi connectivity index (χ2n) is 2.26. The van der Waals surface area contributed by atoms with E-state index < -0.39 is 23.0 Å². The highest BCUT2D eigenvalue weighted by atomic mass is 79.9. The molecule has 15 heavy (non-hydrogen) atoms. The van der Waals surface area contributed by atoms with Crippen molar-refractivity contribution in [3.8, 4) is 0 Å². The van der Waals surface area contributed by atoms with Gasteiger partial charge in [0.2, 0.25) is 0 Å². The molecule has 9 heteroatoms. The van der Waals surface area contributed by atoms with E-state index in [0.717, 1.165) is 6.08 Å². The van der Waals surface area contributed by atoms with Crippen molar-refractivity contribution in [1.29, 1.82) is 0 Å². The van der Waals surface area contributed by atoms with Crippen LogP contribution in [0.15, 0.2) is 32.2 Å². The molecule has 0 aromatic heterocycles. The van der Waals surface area contributed by atoms with Gasteiger partial charge in [0, 0.05) is 15.9 Å². The first-order chi connectivity index (χ1) is 7.11. The van der Waals surface area contributed by atoms with Crippen LogP contribution in [0.25, 0.3) is 20.9 Å². The summed E-state index contributed by atoms with van der Waals surface area (Å²) in [6.45, 7) is 0. The van der Waals surface area contributed by atoms with Crippen LogP contribution in [-0.2, 0) is 9.59 Å². The molecule has 0 bridgehead atoms. The molecule has 0 fully saturated rings. The number of hydrogen-bond donors (Lipinski definition) is 0. The molecular formula is C6HBrN6O2. The molecule has 1 aliphatic rings. The van der Waals surface area contributed by atoms with Crippen molar-refractivity contribution >= 4 is 27.5 Å². The molecule has 0 heterocycles. The van der Waals surface area contributed by atoms with E-state index in [1.807, 2.05) is 0 Å². The van der Waals surface area contributed by atoms with Gasteiger partial charge in [0.25, 0.3) is 0 Å². The zero-order valence-corrected chi connectivity index (χ0v) is 8.54. The number of azide groups is 2. The third-order valence-electron chi connectivity index (χ3n) is 1.44. The molecule has 0 aromatic rings. The quantitative estimate of drug-likeness (QED) is 0.329. The summed E-state index contributed by atoms with van der Waals surface area (Å²) in [5, 5.41) is 6.06. The summed E-state index contributed by atoms with van der Waals surface area (Å²) in [6.07, 6.45) is 0.864. The Morgan fingerprint density at radius 1 is 1.20 bits per heavy atom. The number of carbonyl (C=O) groups is 2. The lowest BCUT2D eigenvalue weighted by Crippen LogP contribution is -2.14. The van der Waals surface area contributed by atoms with Gasteiger partial charge in [0.05, 0.1) is 10.2 Å². The van der Waals surface area contributed by atoms with Crippen LogP contribution >= 0.6 is 15.9 Å². The summed E-state index contributed by atoms with van der Waals surface area (Å²) >= 11 is 2.81. The van der Waals surface area contributed by atoms with E-state index in [9.17, 15) is 9.59 Å². The van der Waals surface area contributed by atoms with Gasteiger partial charge >= 0.3 is 0 Å². The zero-order valence-electron chi connectivity index (χ0n) is 6.96. The topological polar surface area (TPSA) is 132 Å². The van der Waals surface area contributed by atoms with E-state index in [-0.39, 0.29) is 4.48 Å². The van der Waals surface area contributed by atoms with Gasteiger partial charge < -0.3 is 0 Å². The molecule has 0 radical (unpaired) electrons. The van der Waals surface area contributed by atoms with Gasteiger partial charge in [-0.05, 0) is 27.0 Å². The first-order valence-electron chi connectivity index (χ1n) is 3.42. The standard InChI is InChI=1S/C6HBrN6O2/c7-4-3(14)1-2(10-12-8)6(15)5(4)11-13-9/h1H. The van der Waals surface area contributed by atoms with Crippen LogP contribution in [0, 0.1) is 0 Å². The molecule has 1 aliphatic carbocycles. The minimum Gasteiger partial charge on any atom is -0.289 e. The molecule has 0 aromatic carbocycles. The van der Waals surface area contributed by atoms with Crippen LogP contribution in [0.3, 0.4) is 0 Å². The zero-order chi connectivity index (χ0) is 11.4. The third kappa shape index (κ3) is 2.05. The Balaban J connectivity index is 3.34. The van der Waals surface area contributed by atoms with Crippen molar-refractivity contribution in [3.05, 3.63) is 42.8 Å². The number of allylic oxidation sites excluding steroid dienone is 2. The van der Waals surface area contributed by atoms with E-state index in [1.165, 1.54) is 0 Å². The molecular weight excluding hydrogens is 268 g/mol. The Morgan fingerprint density at radius 2 is 1.80 bits per heavy atom. The lowest BCUT2D eigenvalue weighted by Gasteiger charge is -2.07. The monoisotopic (exact) mass is 268 g/mol. The fourth-order valence-corrected chi connectivity index (χ4v) is 1.22. The minimum absolute atomic E-state index is 0.151. The molecule has 0 saturated heterocycles. The van der Waals surface area contributed by atoms with Crippen LogP contribution in [0.5, 0.6) is 0 Å². The molecule has 0 unspecified atom stereocenters. The molecule has 0 saturated carbocycles. The molecule has 74 valence electrons. The average Bonchev–Trinajstić information content (AvgIpc) is 2.21. The maximum atomic E-state index is 11.4. The lowest BCUT2D eigenvalue weighted by atomic mass is 10.1. The molecule has 0 aliphatic heterocycles. The smallest absolute Gasteiger partial charge is 0.199 e. The van der Waals surface area contributed by atoms with Crippen molar-refractivity contribution in [2.75, 3.05) is 0 Å². The molecule has 0 amide bonds. The number of halogens is 1. The Kier molecular flexibility index (Phi) is 3.25. The number of Topliss-reactive ketones (excluding diaryl/α,β-unsaturated/α-hetero) is 1. The average molecular weight is 269 g/mol. The minimum atomic E-state index is -0.794. The third-order valence-corrected chi connectivity index (χ3v) is 2.20. The number of ketones is 2. The van der Waals surface area contributed by atoms with Crippen LogP contribution in [0.1, 0.15) is 0 Å². The predicted octanol–water partition coefficient (Wildman–Crippen LogP) is 2.25. The van der Waals surface area contributed by atoms with Crippen molar-refractivity contribution in [2.45, 2.75) is 0 Å². The van der Waals surface area contributed by atoms with Gasteiger partial charge in [-0.2, -0.15) is 0 Å².